The molecule has 4 nitrogen and oxygen atoms in total. The van der Waals surface area contributed by atoms with Crippen LogP contribution in [0.25, 0.3) is 0 Å². The second-order valence-electron chi connectivity index (χ2n) is 4.41. The number of alkyl halides is 3. The number of hydrogen-bond donors (Lipinski definition) is 1. The number of nitrogens with one attached hydrogen (secondary N) is 1. The van der Waals surface area contributed by atoms with E-state index in [4.69, 9.17) is 0 Å². The summed E-state index contributed by atoms with van der Waals surface area (Å²) in [4.78, 5) is 23.6. The fourth-order valence-corrected chi connectivity index (χ4v) is 2.18. The van der Waals surface area contributed by atoms with Crippen LogP contribution in [0.15, 0.2) is 24.3 Å². The highest BCUT2D eigenvalue weighted by atomic mass is 32.2. The van der Waals surface area contributed by atoms with Crippen LogP contribution in [0, 0.1) is 0 Å². The fourth-order valence-electron chi connectivity index (χ4n) is 1.71. The molecule has 0 fully saturated rings. The Hall–Kier alpha value is -1.70. The van der Waals surface area contributed by atoms with Crippen molar-refractivity contribution in [3.05, 3.63) is 35.4 Å². The molecular weight excluding hydrogens is 319 g/mol. The fraction of sp³-hybridized carbons (Fsp3) is 0.429. The number of benzene rings is 1. The van der Waals surface area contributed by atoms with Crippen LogP contribution in [0.5, 0.6) is 0 Å². The van der Waals surface area contributed by atoms with Gasteiger partial charge >= 0.3 is 12.1 Å². The summed E-state index contributed by atoms with van der Waals surface area (Å²) in [6.07, 6.45) is -2.36. The Bertz CT molecular complexity index is 534. The number of rotatable bonds is 6. The smallest absolute Gasteiger partial charge is 0.416 e. The van der Waals surface area contributed by atoms with Gasteiger partial charge in [-0.2, -0.15) is 24.9 Å². The Morgan fingerprint density at radius 1 is 1.36 bits per heavy atom. The number of carbonyl (C=O) groups is 2. The van der Waals surface area contributed by atoms with Gasteiger partial charge in [0, 0.05) is 5.56 Å². The Morgan fingerprint density at radius 2 is 2.05 bits per heavy atom. The molecule has 1 aromatic carbocycles. The Labute approximate surface area is 130 Å². The minimum absolute atomic E-state index is 0.159. The van der Waals surface area contributed by atoms with Gasteiger partial charge < -0.3 is 10.1 Å². The molecule has 0 spiro atoms. The van der Waals surface area contributed by atoms with Gasteiger partial charge in [-0.05, 0) is 36.6 Å². The zero-order valence-electron chi connectivity index (χ0n) is 12.1. The van der Waals surface area contributed by atoms with E-state index < -0.39 is 29.7 Å². The molecule has 0 bridgehead atoms. The van der Waals surface area contributed by atoms with Crippen LogP contribution < -0.4 is 5.32 Å². The number of carbonyl (C=O) groups excluding carboxylic acids is 2. The van der Waals surface area contributed by atoms with Gasteiger partial charge in [-0.3, -0.25) is 4.79 Å². The molecule has 1 amide bonds. The number of amides is 1. The number of ether oxygens (including phenoxy) is 1. The zero-order chi connectivity index (χ0) is 16.8. The van der Waals surface area contributed by atoms with Gasteiger partial charge in [0.2, 0.25) is 0 Å². The quantitative estimate of drug-likeness (QED) is 0.812. The summed E-state index contributed by atoms with van der Waals surface area (Å²) >= 11 is 1.48. The van der Waals surface area contributed by atoms with E-state index >= 15 is 0 Å². The van der Waals surface area contributed by atoms with Crippen molar-refractivity contribution in [2.24, 2.45) is 0 Å². The van der Waals surface area contributed by atoms with Gasteiger partial charge in [-0.1, -0.05) is 6.07 Å². The summed E-state index contributed by atoms with van der Waals surface area (Å²) in [6.45, 7) is 0. The third-order valence-corrected chi connectivity index (χ3v) is 3.50. The van der Waals surface area contributed by atoms with Gasteiger partial charge in [0.15, 0.2) is 0 Å². The molecule has 122 valence electrons. The van der Waals surface area contributed by atoms with Gasteiger partial charge in [0.1, 0.15) is 6.04 Å². The van der Waals surface area contributed by atoms with Crippen molar-refractivity contribution in [3.63, 3.8) is 0 Å². The second-order valence-corrected chi connectivity index (χ2v) is 5.39. The summed E-state index contributed by atoms with van der Waals surface area (Å²) in [6, 6.07) is 3.14. The number of hydrogen-bond acceptors (Lipinski definition) is 4. The second kappa shape index (κ2) is 8.07. The third kappa shape index (κ3) is 5.25. The lowest BCUT2D eigenvalue weighted by Gasteiger charge is -2.16. The van der Waals surface area contributed by atoms with Crippen molar-refractivity contribution in [1.29, 1.82) is 0 Å². The molecule has 0 saturated carbocycles. The number of esters is 1. The van der Waals surface area contributed by atoms with E-state index in [0.717, 1.165) is 18.2 Å². The number of methoxy groups -OCH3 is 1. The van der Waals surface area contributed by atoms with Crippen molar-refractivity contribution >= 4 is 23.6 Å². The van der Waals surface area contributed by atoms with Crippen LogP contribution in [-0.2, 0) is 15.7 Å². The van der Waals surface area contributed by atoms with Crippen LogP contribution in [0.2, 0.25) is 0 Å². The monoisotopic (exact) mass is 335 g/mol. The molecule has 0 saturated heterocycles. The molecular formula is C14H16F3NO3S. The van der Waals surface area contributed by atoms with E-state index in [1.165, 1.54) is 24.9 Å². The molecule has 0 aliphatic rings. The van der Waals surface area contributed by atoms with E-state index in [0.29, 0.717) is 12.2 Å². The predicted molar refractivity (Wildman–Crippen MR) is 77.7 cm³/mol. The molecule has 1 unspecified atom stereocenters. The molecule has 1 atom stereocenters. The molecule has 0 aliphatic carbocycles. The molecule has 0 radical (unpaired) electrons. The highest BCUT2D eigenvalue weighted by Crippen LogP contribution is 2.29. The van der Waals surface area contributed by atoms with E-state index in [1.807, 2.05) is 6.26 Å². The maximum Gasteiger partial charge on any atom is 0.416 e. The summed E-state index contributed by atoms with van der Waals surface area (Å²) in [5, 5.41) is 2.40. The first-order chi connectivity index (χ1) is 10.3. The average Bonchev–Trinajstić information content (AvgIpc) is 2.49. The van der Waals surface area contributed by atoms with Gasteiger partial charge in [-0.25, -0.2) is 4.79 Å². The summed E-state index contributed by atoms with van der Waals surface area (Å²) in [7, 11) is 1.19. The van der Waals surface area contributed by atoms with Crippen LogP contribution in [0.1, 0.15) is 22.3 Å². The van der Waals surface area contributed by atoms with Gasteiger partial charge in [0.25, 0.3) is 5.91 Å². The SMILES string of the molecule is COC(=O)C(CCSC)NC(=O)c1cccc(C(F)(F)F)c1. The van der Waals surface area contributed by atoms with E-state index in [2.05, 4.69) is 10.1 Å². The molecule has 1 aromatic rings. The minimum atomic E-state index is -4.53. The number of halogens is 3. The highest BCUT2D eigenvalue weighted by molar-refractivity contribution is 7.98. The molecule has 1 N–H and O–H groups in total. The molecule has 1 rings (SSSR count). The van der Waals surface area contributed by atoms with Gasteiger partial charge in [0.05, 0.1) is 12.7 Å². The zero-order valence-corrected chi connectivity index (χ0v) is 12.9. The van der Waals surface area contributed by atoms with E-state index in [9.17, 15) is 22.8 Å². The molecule has 0 heterocycles. The Balaban J connectivity index is 2.88. The average molecular weight is 335 g/mol. The van der Waals surface area contributed by atoms with E-state index in [-0.39, 0.29) is 5.56 Å². The van der Waals surface area contributed by atoms with E-state index in [1.54, 1.807) is 0 Å². The normalized spacial score (nSPS) is 12.6. The van der Waals surface area contributed by atoms with Crippen LogP contribution in [0.3, 0.4) is 0 Å². The van der Waals surface area contributed by atoms with Crippen LogP contribution in [0.4, 0.5) is 13.2 Å². The largest absolute Gasteiger partial charge is 0.467 e. The first-order valence-electron chi connectivity index (χ1n) is 6.34. The van der Waals surface area contributed by atoms with Crippen molar-refractivity contribution in [1.82, 2.24) is 5.32 Å². The first-order valence-corrected chi connectivity index (χ1v) is 7.74. The van der Waals surface area contributed by atoms with Crippen LogP contribution in [-0.4, -0.2) is 37.0 Å². The minimum Gasteiger partial charge on any atom is -0.467 e. The lowest BCUT2D eigenvalue weighted by molar-refractivity contribution is -0.143. The lowest BCUT2D eigenvalue weighted by atomic mass is 10.1. The van der Waals surface area contributed by atoms with Crippen molar-refractivity contribution in [3.8, 4) is 0 Å². The Morgan fingerprint density at radius 3 is 2.59 bits per heavy atom. The van der Waals surface area contributed by atoms with Gasteiger partial charge in [-0.15, -0.1) is 0 Å². The standard InChI is InChI=1S/C14H16F3NO3S/c1-21-13(20)11(6-7-22-2)18-12(19)9-4-3-5-10(8-9)14(15,16)17/h3-5,8,11H,6-7H2,1-2H3,(H,18,19). The lowest BCUT2D eigenvalue weighted by Crippen LogP contribution is -2.42. The molecule has 8 heteroatoms. The number of thioether (sulfide) groups is 1. The maximum absolute atomic E-state index is 12.6. The predicted octanol–water partition coefficient (Wildman–Crippen LogP) is 2.73. The van der Waals surface area contributed by atoms with Crippen molar-refractivity contribution in [2.75, 3.05) is 19.1 Å². The first kappa shape index (κ1) is 18.3. The summed E-state index contributed by atoms with van der Waals surface area (Å²) in [5.41, 5.74) is -1.08. The topological polar surface area (TPSA) is 55.4 Å². The Kier molecular flexibility index (Phi) is 6.73. The highest BCUT2D eigenvalue weighted by Gasteiger charge is 2.31. The van der Waals surface area contributed by atoms with Crippen molar-refractivity contribution < 1.29 is 27.5 Å². The molecule has 0 aliphatic heterocycles. The summed E-state index contributed by atoms with van der Waals surface area (Å²) in [5.74, 6) is -0.778. The molecule has 0 aromatic heterocycles. The van der Waals surface area contributed by atoms with Crippen molar-refractivity contribution in [2.45, 2.75) is 18.6 Å². The van der Waals surface area contributed by atoms with Crippen LogP contribution >= 0.6 is 11.8 Å². The third-order valence-electron chi connectivity index (χ3n) is 2.85. The molecule has 22 heavy (non-hydrogen) atoms. The summed E-state index contributed by atoms with van der Waals surface area (Å²) < 4.78 is 42.5. The maximum atomic E-state index is 12.6.